The first-order valence-electron chi connectivity index (χ1n) is 6.84. The van der Waals surface area contributed by atoms with Crippen LogP contribution in [0.2, 0.25) is 0 Å². The van der Waals surface area contributed by atoms with Crippen molar-refractivity contribution in [2.75, 3.05) is 5.32 Å². The van der Waals surface area contributed by atoms with Crippen LogP contribution in [-0.4, -0.2) is 17.0 Å². The van der Waals surface area contributed by atoms with E-state index in [1.54, 1.807) is 13.1 Å². The van der Waals surface area contributed by atoms with E-state index in [2.05, 4.69) is 37.1 Å². The fourth-order valence-corrected chi connectivity index (χ4v) is 2.32. The molecule has 2 rings (SSSR count). The maximum absolute atomic E-state index is 12.0. The van der Waals surface area contributed by atoms with Crippen molar-refractivity contribution in [3.8, 4) is 5.75 Å². The molecule has 0 unspecified atom stereocenters. The molecule has 0 spiro atoms. The van der Waals surface area contributed by atoms with E-state index in [9.17, 15) is 4.79 Å². The van der Waals surface area contributed by atoms with E-state index in [0.29, 0.717) is 10.9 Å². The van der Waals surface area contributed by atoms with Gasteiger partial charge in [-0.25, -0.2) is 4.98 Å². The van der Waals surface area contributed by atoms with Crippen LogP contribution in [0.4, 0.5) is 5.13 Å². The molecule has 0 fully saturated rings. The van der Waals surface area contributed by atoms with Gasteiger partial charge in [0, 0.05) is 11.6 Å². The van der Waals surface area contributed by atoms with Crippen molar-refractivity contribution in [2.24, 2.45) is 0 Å². The maximum atomic E-state index is 12.0. The number of aromatic nitrogens is 1. The first-order valence-corrected chi connectivity index (χ1v) is 7.72. The second-order valence-electron chi connectivity index (χ2n) is 5.86. The average Bonchev–Trinajstić information content (AvgIpc) is 2.91. The first kappa shape index (κ1) is 15.5. The second-order valence-corrected chi connectivity index (χ2v) is 6.76. The van der Waals surface area contributed by atoms with Gasteiger partial charge in [0.05, 0.1) is 0 Å². The Morgan fingerprint density at radius 3 is 2.76 bits per heavy atom. The Bertz CT molecular complexity index is 603. The summed E-state index contributed by atoms with van der Waals surface area (Å²) in [5, 5.41) is 5.13. The third-order valence-electron chi connectivity index (χ3n) is 3.04. The molecule has 21 heavy (non-hydrogen) atoms. The van der Waals surface area contributed by atoms with Crippen molar-refractivity contribution in [1.82, 2.24) is 4.98 Å². The highest BCUT2D eigenvalue weighted by molar-refractivity contribution is 7.13. The van der Waals surface area contributed by atoms with Crippen molar-refractivity contribution >= 4 is 22.4 Å². The molecule has 112 valence electrons. The Kier molecular flexibility index (Phi) is 4.63. The summed E-state index contributed by atoms with van der Waals surface area (Å²) in [6.45, 7) is 8.16. The third-order valence-corrected chi connectivity index (χ3v) is 3.73. The van der Waals surface area contributed by atoms with Crippen LogP contribution in [0.5, 0.6) is 5.75 Å². The lowest BCUT2D eigenvalue weighted by molar-refractivity contribution is -0.122. The first-order chi connectivity index (χ1) is 9.86. The van der Waals surface area contributed by atoms with Gasteiger partial charge in [0.25, 0.3) is 5.91 Å². The molecule has 1 amide bonds. The fraction of sp³-hybridized carbons (Fsp3) is 0.375. The molecule has 0 bridgehead atoms. The van der Waals surface area contributed by atoms with E-state index in [1.165, 1.54) is 16.9 Å². The molecule has 0 saturated heterocycles. The number of hydrogen-bond acceptors (Lipinski definition) is 4. The zero-order valence-electron chi connectivity index (χ0n) is 12.7. The number of rotatable bonds is 4. The van der Waals surface area contributed by atoms with Crippen molar-refractivity contribution < 1.29 is 9.53 Å². The smallest absolute Gasteiger partial charge is 0.266 e. The van der Waals surface area contributed by atoms with E-state index in [-0.39, 0.29) is 11.3 Å². The zero-order chi connectivity index (χ0) is 15.5. The summed E-state index contributed by atoms with van der Waals surface area (Å²) in [4.78, 5) is 16.1. The van der Waals surface area contributed by atoms with Gasteiger partial charge in [0.1, 0.15) is 5.75 Å². The zero-order valence-corrected chi connectivity index (χ0v) is 13.5. The summed E-state index contributed by atoms with van der Waals surface area (Å²) in [6.07, 6.45) is 1.07. The average molecular weight is 304 g/mol. The van der Waals surface area contributed by atoms with Gasteiger partial charge in [-0.15, -0.1) is 11.3 Å². The van der Waals surface area contributed by atoms with E-state index < -0.39 is 6.10 Å². The number of hydrogen-bond donors (Lipinski definition) is 1. The summed E-state index contributed by atoms with van der Waals surface area (Å²) in [7, 11) is 0. The predicted octanol–water partition coefficient (Wildman–Crippen LogP) is 3.85. The molecule has 1 aromatic heterocycles. The predicted molar refractivity (Wildman–Crippen MR) is 86.0 cm³/mol. The maximum Gasteiger partial charge on any atom is 0.266 e. The largest absolute Gasteiger partial charge is 0.481 e. The highest BCUT2D eigenvalue weighted by Crippen LogP contribution is 2.26. The summed E-state index contributed by atoms with van der Waals surface area (Å²) >= 11 is 1.38. The molecular formula is C16H20N2O2S. The molecule has 0 aliphatic rings. The standard InChI is InChI=1S/C16H20N2O2S/c1-11(14(19)18-15-17-8-9-21-15)20-13-7-5-6-12(10-13)16(2,3)4/h5-11H,1-4H3,(H,17,18,19)/t11-/m1/s1. The minimum atomic E-state index is -0.580. The van der Waals surface area contributed by atoms with Crippen molar-refractivity contribution in [3.63, 3.8) is 0 Å². The third kappa shape index (κ3) is 4.29. The normalized spacial score (nSPS) is 12.8. The minimum Gasteiger partial charge on any atom is -0.481 e. The van der Waals surface area contributed by atoms with Crippen LogP contribution in [0.15, 0.2) is 35.8 Å². The molecule has 1 heterocycles. The van der Waals surface area contributed by atoms with E-state index in [0.717, 1.165) is 0 Å². The number of ether oxygens (including phenoxy) is 1. The fourth-order valence-electron chi connectivity index (χ4n) is 1.79. The Morgan fingerprint density at radius 1 is 1.38 bits per heavy atom. The molecular weight excluding hydrogens is 284 g/mol. The van der Waals surface area contributed by atoms with Gasteiger partial charge in [-0.2, -0.15) is 0 Å². The Hall–Kier alpha value is -1.88. The number of carbonyl (C=O) groups is 1. The van der Waals surface area contributed by atoms with Gasteiger partial charge in [-0.1, -0.05) is 32.9 Å². The molecule has 2 aromatic rings. The number of thiazole rings is 1. The SMILES string of the molecule is C[C@@H](Oc1cccc(C(C)(C)C)c1)C(=O)Nc1nccs1. The lowest BCUT2D eigenvalue weighted by Crippen LogP contribution is -2.30. The summed E-state index contributed by atoms with van der Waals surface area (Å²) < 4.78 is 5.73. The number of carbonyl (C=O) groups excluding carboxylic acids is 1. The van der Waals surface area contributed by atoms with Crippen LogP contribution in [-0.2, 0) is 10.2 Å². The Labute approximate surface area is 129 Å². The van der Waals surface area contributed by atoms with Gasteiger partial charge >= 0.3 is 0 Å². The van der Waals surface area contributed by atoms with Gasteiger partial charge in [-0.05, 0) is 30.0 Å². The monoisotopic (exact) mass is 304 g/mol. The van der Waals surface area contributed by atoms with Crippen LogP contribution in [0.25, 0.3) is 0 Å². The van der Waals surface area contributed by atoms with Crippen LogP contribution < -0.4 is 10.1 Å². The molecule has 5 heteroatoms. The van der Waals surface area contributed by atoms with Gasteiger partial charge in [-0.3, -0.25) is 10.1 Å². The Morgan fingerprint density at radius 2 is 2.14 bits per heavy atom. The van der Waals surface area contributed by atoms with Crippen LogP contribution in [0.1, 0.15) is 33.3 Å². The van der Waals surface area contributed by atoms with Gasteiger partial charge < -0.3 is 4.74 Å². The van der Waals surface area contributed by atoms with Crippen LogP contribution in [0, 0.1) is 0 Å². The summed E-state index contributed by atoms with van der Waals surface area (Å²) in [5.41, 5.74) is 1.22. The topological polar surface area (TPSA) is 51.2 Å². The van der Waals surface area contributed by atoms with Crippen LogP contribution >= 0.6 is 11.3 Å². The van der Waals surface area contributed by atoms with Crippen LogP contribution in [0.3, 0.4) is 0 Å². The quantitative estimate of drug-likeness (QED) is 0.933. The van der Waals surface area contributed by atoms with E-state index in [1.807, 2.05) is 23.6 Å². The molecule has 0 aliphatic carbocycles. The lowest BCUT2D eigenvalue weighted by atomic mass is 9.87. The Balaban J connectivity index is 2.02. The molecule has 1 aromatic carbocycles. The van der Waals surface area contributed by atoms with Crippen molar-refractivity contribution in [3.05, 3.63) is 41.4 Å². The van der Waals surface area contributed by atoms with Crippen molar-refractivity contribution in [2.45, 2.75) is 39.2 Å². The van der Waals surface area contributed by atoms with E-state index in [4.69, 9.17) is 4.74 Å². The second kappa shape index (κ2) is 6.26. The number of anilines is 1. The highest BCUT2D eigenvalue weighted by atomic mass is 32.1. The van der Waals surface area contributed by atoms with Crippen molar-refractivity contribution in [1.29, 1.82) is 0 Å². The molecule has 1 atom stereocenters. The summed E-state index contributed by atoms with van der Waals surface area (Å²) in [6, 6.07) is 7.85. The summed E-state index contributed by atoms with van der Waals surface area (Å²) in [5.74, 6) is 0.496. The minimum absolute atomic E-state index is 0.0474. The molecule has 0 radical (unpaired) electrons. The van der Waals surface area contributed by atoms with E-state index >= 15 is 0 Å². The number of nitrogens with zero attached hydrogens (tertiary/aromatic N) is 1. The molecule has 4 nitrogen and oxygen atoms in total. The molecule has 0 aliphatic heterocycles. The molecule has 0 saturated carbocycles. The number of nitrogens with one attached hydrogen (secondary N) is 1. The number of benzene rings is 1. The van der Waals surface area contributed by atoms with Gasteiger partial charge in [0.15, 0.2) is 11.2 Å². The van der Waals surface area contributed by atoms with Gasteiger partial charge in [0.2, 0.25) is 0 Å². The number of amides is 1. The lowest BCUT2D eigenvalue weighted by Gasteiger charge is -2.21. The molecule has 1 N–H and O–H groups in total. The highest BCUT2D eigenvalue weighted by Gasteiger charge is 2.18.